The van der Waals surface area contributed by atoms with Gasteiger partial charge in [-0.05, 0) is 44.5 Å². The second-order valence-corrected chi connectivity index (χ2v) is 6.59. The van der Waals surface area contributed by atoms with Gasteiger partial charge in [-0.1, -0.05) is 30.3 Å². The zero-order chi connectivity index (χ0) is 15.3. The van der Waals surface area contributed by atoms with Gasteiger partial charge in [-0.25, -0.2) is 0 Å². The zero-order valence-electron chi connectivity index (χ0n) is 13.4. The summed E-state index contributed by atoms with van der Waals surface area (Å²) in [6.07, 6.45) is 0. The van der Waals surface area contributed by atoms with Gasteiger partial charge in [0.25, 0.3) is 0 Å². The predicted octanol–water partition coefficient (Wildman–Crippen LogP) is 3.18. The third-order valence-electron chi connectivity index (χ3n) is 4.73. The molecule has 110 valence electrons. The first-order valence-corrected chi connectivity index (χ1v) is 7.41. The molecule has 0 bridgehead atoms. The smallest absolute Gasteiger partial charge is 0.399 e. The number of benzene rings is 2. The van der Waals surface area contributed by atoms with Gasteiger partial charge in [0.1, 0.15) is 0 Å². The van der Waals surface area contributed by atoms with Crippen molar-refractivity contribution in [1.82, 2.24) is 0 Å². The third kappa shape index (κ3) is 2.23. The molecule has 0 aliphatic carbocycles. The Labute approximate surface area is 126 Å². The Morgan fingerprint density at radius 1 is 0.905 bits per heavy atom. The molecule has 1 heterocycles. The Morgan fingerprint density at radius 2 is 1.52 bits per heavy atom. The summed E-state index contributed by atoms with van der Waals surface area (Å²) in [5.41, 5.74) is 1.46. The van der Waals surface area contributed by atoms with Gasteiger partial charge in [0.05, 0.1) is 11.2 Å². The highest BCUT2D eigenvalue weighted by atomic mass is 16.7. The van der Waals surface area contributed by atoms with Crippen molar-refractivity contribution in [2.24, 2.45) is 0 Å². The lowest BCUT2D eigenvalue weighted by Gasteiger charge is -2.32. The Bertz CT molecular complexity index is 666. The topological polar surface area (TPSA) is 30.5 Å². The minimum Gasteiger partial charge on any atom is -0.399 e. The molecule has 0 atom stereocenters. The molecule has 2 aromatic carbocycles. The SMILES string of the molecule is CNc1ccc2ccccc2c1B1OC(C)(C)C(C)(C)O1. The lowest BCUT2D eigenvalue weighted by Crippen LogP contribution is -2.41. The Hall–Kier alpha value is -1.52. The normalized spacial score (nSPS) is 20.0. The summed E-state index contributed by atoms with van der Waals surface area (Å²) in [5, 5.41) is 5.62. The van der Waals surface area contributed by atoms with E-state index >= 15 is 0 Å². The summed E-state index contributed by atoms with van der Waals surface area (Å²) in [4.78, 5) is 0. The standard InChI is InChI=1S/C17H22BNO2/c1-16(2)17(3,4)21-18(20-16)15-13-9-7-6-8-12(13)10-11-14(15)19-5/h6-11,19H,1-5H3. The maximum absolute atomic E-state index is 6.24. The van der Waals surface area contributed by atoms with Crippen LogP contribution in [0.15, 0.2) is 36.4 Å². The fourth-order valence-electron chi connectivity index (χ4n) is 2.73. The molecule has 0 spiro atoms. The van der Waals surface area contributed by atoms with Crippen molar-refractivity contribution in [2.75, 3.05) is 12.4 Å². The molecule has 0 radical (unpaired) electrons. The summed E-state index contributed by atoms with van der Waals surface area (Å²) in [7, 11) is 1.57. The van der Waals surface area contributed by atoms with Crippen molar-refractivity contribution in [2.45, 2.75) is 38.9 Å². The molecule has 1 fully saturated rings. The van der Waals surface area contributed by atoms with E-state index in [1.54, 1.807) is 0 Å². The Kier molecular flexibility index (Phi) is 3.26. The van der Waals surface area contributed by atoms with Gasteiger partial charge in [-0.3, -0.25) is 0 Å². The molecule has 21 heavy (non-hydrogen) atoms. The van der Waals surface area contributed by atoms with Crippen molar-refractivity contribution in [1.29, 1.82) is 0 Å². The average molecular weight is 283 g/mol. The van der Waals surface area contributed by atoms with Crippen LogP contribution in [0, 0.1) is 0 Å². The van der Waals surface area contributed by atoms with Gasteiger partial charge in [-0.2, -0.15) is 0 Å². The number of nitrogens with one attached hydrogen (secondary N) is 1. The van der Waals surface area contributed by atoms with E-state index in [4.69, 9.17) is 9.31 Å². The molecule has 1 N–H and O–H groups in total. The van der Waals surface area contributed by atoms with E-state index in [0.717, 1.165) is 11.2 Å². The Morgan fingerprint density at radius 3 is 2.14 bits per heavy atom. The predicted molar refractivity (Wildman–Crippen MR) is 89.2 cm³/mol. The fourth-order valence-corrected chi connectivity index (χ4v) is 2.73. The second kappa shape index (κ2) is 4.75. The minimum atomic E-state index is -0.358. The third-order valence-corrected chi connectivity index (χ3v) is 4.73. The van der Waals surface area contributed by atoms with Crippen molar-refractivity contribution in [3.63, 3.8) is 0 Å². The van der Waals surface area contributed by atoms with Crippen LogP contribution in [-0.2, 0) is 9.31 Å². The molecule has 4 heteroatoms. The molecule has 2 aromatic rings. The quantitative estimate of drug-likeness (QED) is 0.859. The molecule has 0 saturated carbocycles. The molecule has 3 rings (SSSR count). The van der Waals surface area contributed by atoms with Crippen LogP contribution >= 0.6 is 0 Å². The monoisotopic (exact) mass is 283 g/mol. The van der Waals surface area contributed by atoms with Crippen LogP contribution in [0.2, 0.25) is 0 Å². The lowest BCUT2D eigenvalue weighted by molar-refractivity contribution is 0.00578. The molecule has 0 amide bonds. The largest absolute Gasteiger partial charge is 0.497 e. The van der Waals surface area contributed by atoms with Crippen molar-refractivity contribution in [3.05, 3.63) is 36.4 Å². The van der Waals surface area contributed by atoms with Crippen LogP contribution in [-0.4, -0.2) is 25.4 Å². The lowest BCUT2D eigenvalue weighted by atomic mass is 9.74. The maximum atomic E-state index is 6.24. The molecule has 3 nitrogen and oxygen atoms in total. The summed E-state index contributed by atoms with van der Waals surface area (Å²) in [6, 6.07) is 12.5. The highest BCUT2D eigenvalue weighted by Gasteiger charge is 2.52. The summed E-state index contributed by atoms with van der Waals surface area (Å²) >= 11 is 0. The van der Waals surface area contributed by atoms with Crippen LogP contribution in [0.25, 0.3) is 10.8 Å². The van der Waals surface area contributed by atoms with Gasteiger partial charge < -0.3 is 14.6 Å². The van der Waals surface area contributed by atoms with E-state index in [-0.39, 0.29) is 18.3 Å². The highest BCUT2D eigenvalue weighted by Crippen LogP contribution is 2.37. The number of hydrogen-bond acceptors (Lipinski definition) is 3. The molecule has 1 aliphatic rings. The first-order chi connectivity index (χ1) is 9.86. The zero-order valence-corrected chi connectivity index (χ0v) is 13.4. The second-order valence-electron chi connectivity index (χ2n) is 6.59. The minimum absolute atomic E-state index is 0.334. The van der Waals surface area contributed by atoms with E-state index < -0.39 is 0 Å². The highest BCUT2D eigenvalue weighted by molar-refractivity contribution is 6.67. The van der Waals surface area contributed by atoms with Crippen LogP contribution in [0.1, 0.15) is 27.7 Å². The van der Waals surface area contributed by atoms with Crippen molar-refractivity contribution >= 4 is 29.0 Å². The molecular weight excluding hydrogens is 261 g/mol. The Balaban J connectivity index is 2.16. The van der Waals surface area contributed by atoms with Gasteiger partial charge in [0.15, 0.2) is 0 Å². The fraction of sp³-hybridized carbons (Fsp3) is 0.412. The molecule has 1 saturated heterocycles. The molecule has 1 aliphatic heterocycles. The maximum Gasteiger partial charge on any atom is 0.497 e. The van der Waals surface area contributed by atoms with E-state index in [2.05, 4.69) is 69.4 Å². The van der Waals surface area contributed by atoms with Crippen molar-refractivity contribution in [3.8, 4) is 0 Å². The van der Waals surface area contributed by atoms with Crippen LogP contribution in [0.4, 0.5) is 5.69 Å². The first-order valence-electron chi connectivity index (χ1n) is 7.41. The molecule has 0 unspecified atom stereocenters. The molecular formula is C17H22BNO2. The summed E-state index contributed by atoms with van der Waals surface area (Å²) in [6.45, 7) is 8.32. The van der Waals surface area contributed by atoms with Crippen LogP contribution < -0.4 is 10.8 Å². The van der Waals surface area contributed by atoms with E-state index in [9.17, 15) is 0 Å². The summed E-state index contributed by atoms with van der Waals surface area (Å²) < 4.78 is 12.5. The van der Waals surface area contributed by atoms with E-state index in [1.165, 1.54) is 10.8 Å². The van der Waals surface area contributed by atoms with Crippen LogP contribution in [0.5, 0.6) is 0 Å². The number of rotatable bonds is 2. The average Bonchev–Trinajstić information content (AvgIpc) is 2.65. The number of hydrogen-bond donors (Lipinski definition) is 1. The van der Waals surface area contributed by atoms with Gasteiger partial charge >= 0.3 is 7.12 Å². The first kappa shape index (κ1) is 14.4. The van der Waals surface area contributed by atoms with E-state index in [1.807, 2.05) is 7.05 Å². The number of anilines is 1. The summed E-state index contributed by atoms with van der Waals surface area (Å²) in [5.74, 6) is 0. The number of fused-ring (bicyclic) bond motifs is 1. The molecule has 0 aromatic heterocycles. The van der Waals surface area contributed by atoms with Crippen molar-refractivity contribution < 1.29 is 9.31 Å². The van der Waals surface area contributed by atoms with Gasteiger partial charge in [-0.15, -0.1) is 0 Å². The van der Waals surface area contributed by atoms with E-state index in [0.29, 0.717) is 0 Å². The van der Waals surface area contributed by atoms with Crippen LogP contribution in [0.3, 0.4) is 0 Å². The van der Waals surface area contributed by atoms with Gasteiger partial charge in [0.2, 0.25) is 0 Å². The van der Waals surface area contributed by atoms with Gasteiger partial charge in [0, 0.05) is 18.2 Å².